The minimum atomic E-state index is -4.65. The maximum absolute atomic E-state index is 12.1. The first-order valence-electron chi connectivity index (χ1n) is 5.94. The zero-order valence-corrected chi connectivity index (χ0v) is 14.9. The number of hydrogen-bond acceptors (Lipinski definition) is 3. The summed E-state index contributed by atoms with van der Waals surface area (Å²) in [7, 11) is -4.65. The van der Waals surface area contributed by atoms with Gasteiger partial charge in [-0.3, -0.25) is 9.36 Å². The summed E-state index contributed by atoms with van der Waals surface area (Å²) in [4.78, 5) is 30.2. The van der Waals surface area contributed by atoms with Gasteiger partial charge in [0.05, 0.1) is 3.42 Å². The minimum Gasteiger partial charge on any atom is -0.377 e. The van der Waals surface area contributed by atoms with Crippen LogP contribution in [0.1, 0.15) is 47.5 Å². The van der Waals surface area contributed by atoms with Crippen molar-refractivity contribution >= 4 is 36.1 Å². The van der Waals surface area contributed by atoms with Crippen molar-refractivity contribution in [3.8, 4) is 0 Å². The third kappa shape index (κ3) is 5.67. The summed E-state index contributed by atoms with van der Waals surface area (Å²) in [6.07, 6.45) is 0.386. The molecule has 0 bridgehead atoms. The average molecular weight is 407 g/mol. The second-order valence-corrected chi connectivity index (χ2v) is 10.3. The number of rotatable bonds is 6. The predicted molar refractivity (Wildman–Crippen MR) is 82.2 cm³/mol. The molecule has 0 aromatic carbocycles. The molecule has 0 rings (SSSR count). The summed E-state index contributed by atoms with van der Waals surface area (Å²) in [5.74, 6) is -0.220. The zero-order chi connectivity index (χ0) is 15.7. The van der Waals surface area contributed by atoms with Crippen LogP contribution in [0.4, 0.5) is 0 Å². The fourth-order valence-corrected chi connectivity index (χ4v) is 2.32. The molecular formula is C11H23INO5P. The highest BCUT2D eigenvalue weighted by Crippen LogP contribution is 2.52. The van der Waals surface area contributed by atoms with E-state index in [9.17, 15) is 14.5 Å². The second kappa shape index (κ2) is 5.97. The van der Waals surface area contributed by atoms with Gasteiger partial charge in [0.1, 0.15) is 0 Å². The van der Waals surface area contributed by atoms with Crippen LogP contribution in [0, 0.1) is 0 Å². The van der Waals surface area contributed by atoms with Crippen LogP contribution in [0.2, 0.25) is 0 Å². The van der Waals surface area contributed by atoms with Crippen LogP contribution in [-0.4, -0.2) is 35.1 Å². The number of halogens is 1. The molecular weight excluding hydrogens is 384 g/mol. The van der Waals surface area contributed by atoms with E-state index in [4.69, 9.17) is 9.79 Å². The number of nitrogens with one attached hydrogen (secondary N) is 1. The highest BCUT2D eigenvalue weighted by molar-refractivity contribution is 14.1. The molecule has 0 aromatic rings. The number of hydrogen-bond donors (Lipinski definition) is 4. The predicted octanol–water partition coefficient (Wildman–Crippen LogP) is 1.76. The number of carbonyl (C=O) groups excluding carboxylic acids is 1. The summed E-state index contributed by atoms with van der Waals surface area (Å²) >= 11 is 2.03. The van der Waals surface area contributed by atoms with E-state index in [-0.39, 0.29) is 12.3 Å². The van der Waals surface area contributed by atoms with Gasteiger partial charge in [-0.05, 0) is 34.1 Å². The number of carbonyl (C=O) groups is 1. The van der Waals surface area contributed by atoms with Gasteiger partial charge in [-0.1, -0.05) is 29.5 Å². The van der Waals surface area contributed by atoms with E-state index < -0.39 is 21.9 Å². The monoisotopic (exact) mass is 407 g/mol. The molecule has 0 radical (unpaired) electrons. The number of aliphatic hydroxyl groups is 1. The molecule has 0 fully saturated rings. The first-order chi connectivity index (χ1) is 8.15. The second-order valence-electron chi connectivity index (χ2n) is 5.83. The van der Waals surface area contributed by atoms with Gasteiger partial charge in [-0.25, -0.2) is 0 Å². The van der Waals surface area contributed by atoms with Crippen LogP contribution in [-0.2, 0) is 9.36 Å². The molecule has 19 heavy (non-hydrogen) atoms. The largest absolute Gasteiger partial charge is 0.377 e. The Labute approximate surface area is 127 Å². The first kappa shape index (κ1) is 19.3. The molecule has 0 aromatic heterocycles. The number of alkyl halides is 1. The van der Waals surface area contributed by atoms with Gasteiger partial charge in [0.25, 0.3) is 0 Å². The van der Waals surface area contributed by atoms with E-state index in [0.29, 0.717) is 6.42 Å². The maximum Gasteiger partial charge on any atom is 0.356 e. The molecule has 0 aliphatic heterocycles. The third-order valence-corrected chi connectivity index (χ3v) is 5.66. The highest BCUT2D eigenvalue weighted by Gasteiger charge is 2.45. The van der Waals surface area contributed by atoms with Crippen LogP contribution in [0.3, 0.4) is 0 Å². The third-order valence-electron chi connectivity index (χ3n) is 2.99. The van der Waals surface area contributed by atoms with Crippen LogP contribution in [0.25, 0.3) is 0 Å². The molecule has 4 N–H and O–H groups in total. The van der Waals surface area contributed by atoms with Gasteiger partial charge in [0.15, 0.2) is 5.34 Å². The lowest BCUT2D eigenvalue weighted by Gasteiger charge is -2.36. The van der Waals surface area contributed by atoms with E-state index in [0.717, 1.165) is 6.92 Å². The molecule has 0 aliphatic carbocycles. The van der Waals surface area contributed by atoms with E-state index in [1.807, 2.05) is 29.5 Å². The van der Waals surface area contributed by atoms with E-state index >= 15 is 0 Å². The Kier molecular flexibility index (Phi) is 6.07. The maximum atomic E-state index is 12.1. The topological polar surface area (TPSA) is 107 Å². The Morgan fingerprint density at radius 3 is 2.00 bits per heavy atom. The molecule has 0 heterocycles. The molecule has 2 unspecified atom stereocenters. The Morgan fingerprint density at radius 1 is 1.26 bits per heavy atom. The van der Waals surface area contributed by atoms with Crippen LogP contribution >= 0.6 is 30.2 Å². The lowest BCUT2D eigenvalue weighted by Crippen LogP contribution is -2.53. The van der Waals surface area contributed by atoms with Crippen molar-refractivity contribution in [3.05, 3.63) is 0 Å². The van der Waals surface area contributed by atoms with Gasteiger partial charge in [-0.2, -0.15) is 0 Å². The van der Waals surface area contributed by atoms with Gasteiger partial charge in [0, 0.05) is 12.0 Å². The molecule has 0 aliphatic rings. The van der Waals surface area contributed by atoms with Crippen molar-refractivity contribution in [3.63, 3.8) is 0 Å². The molecule has 0 saturated carbocycles. The van der Waals surface area contributed by atoms with Crippen LogP contribution in [0.15, 0.2) is 0 Å². The molecule has 114 valence electrons. The molecule has 1 amide bonds. The van der Waals surface area contributed by atoms with Gasteiger partial charge < -0.3 is 20.2 Å². The van der Waals surface area contributed by atoms with E-state index in [2.05, 4.69) is 5.32 Å². The fourth-order valence-electron chi connectivity index (χ4n) is 1.58. The van der Waals surface area contributed by atoms with Crippen molar-refractivity contribution in [2.75, 3.05) is 0 Å². The Balaban J connectivity index is 4.94. The van der Waals surface area contributed by atoms with Crippen molar-refractivity contribution < 1.29 is 24.3 Å². The van der Waals surface area contributed by atoms with E-state index in [1.165, 1.54) is 0 Å². The molecule has 2 atom stereocenters. The highest BCUT2D eigenvalue weighted by atomic mass is 127. The zero-order valence-electron chi connectivity index (χ0n) is 11.9. The molecule has 8 heteroatoms. The summed E-state index contributed by atoms with van der Waals surface area (Å²) in [5.41, 5.74) is -0.927. The van der Waals surface area contributed by atoms with Crippen molar-refractivity contribution in [1.82, 2.24) is 5.32 Å². The Morgan fingerprint density at radius 2 is 1.68 bits per heavy atom. The SMILES string of the molecule is CCC(C)(I)C(=O)NC(C)(C)CC(C)(O)P(=O)(O)O. The Bertz CT molecular complexity index is 389. The van der Waals surface area contributed by atoms with Gasteiger partial charge >= 0.3 is 7.60 Å². The average Bonchev–Trinajstić information content (AvgIpc) is 2.13. The quantitative estimate of drug-likeness (QED) is 0.305. The minimum absolute atomic E-state index is 0.220. The lowest BCUT2D eigenvalue weighted by atomic mass is 9.95. The van der Waals surface area contributed by atoms with Crippen LogP contribution in [0.5, 0.6) is 0 Å². The van der Waals surface area contributed by atoms with Gasteiger partial charge in [-0.15, -0.1) is 0 Å². The standard InChI is InChI=1S/C11H23INO5P/c1-6-10(4,12)8(14)13-9(2,3)7-11(5,15)19(16,17)18/h15H,6-7H2,1-5H3,(H,13,14)(H2,16,17,18). The lowest BCUT2D eigenvalue weighted by molar-refractivity contribution is -0.124. The molecule has 0 saturated heterocycles. The smallest absolute Gasteiger partial charge is 0.356 e. The summed E-state index contributed by atoms with van der Waals surface area (Å²) in [5, 5.41) is 10.4. The molecule has 0 spiro atoms. The van der Waals surface area contributed by atoms with Crippen molar-refractivity contribution in [2.24, 2.45) is 0 Å². The Hall–Kier alpha value is 0.310. The van der Waals surface area contributed by atoms with Crippen molar-refractivity contribution in [1.29, 1.82) is 0 Å². The fraction of sp³-hybridized carbons (Fsp3) is 0.909. The number of amides is 1. The summed E-state index contributed by atoms with van der Waals surface area (Å²) in [6, 6.07) is 0. The summed E-state index contributed by atoms with van der Waals surface area (Å²) in [6.45, 7) is 7.98. The van der Waals surface area contributed by atoms with Crippen LogP contribution < -0.4 is 5.32 Å². The van der Waals surface area contributed by atoms with Gasteiger partial charge in [0.2, 0.25) is 5.91 Å². The molecule has 6 nitrogen and oxygen atoms in total. The van der Waals surface area contributed by atoms with E-state index in [1.54, 1.807) is 20.8 Å². The summed E-state index contributed by atoms with van der Waals surface area (Å²) < 4.78 is 10.6. The normalized spacial score (nSPS) is 19.4. The van der Waals surface area contributed by atoms with Crippen molar-refractivity contribution in [2.45, 2.75) is 61.8 Å². The first-order valence-corrected chi connectivity index (χ1v) is 8.63.